The molecule has 33 heavy (non-hydrogen) atoms. The number of quaternary nitrogens is 1. The van der Waals surface area contributed by atoms with E-state index in [0.29, 0.717) is 0 Å². The summed E-state index contributed by atoms with van der Waals surface area (Å²) in [5, 5.41) is 0. The van der Waals surface area contributed by atoms with E-state index in [1.165, 1.54) is 30.7 Å². The molecular weight excluding hydrogens is 468 g/mol. The molecule has 0 saturated carbocycles. The summed E-state index contributed by atoms with van der Waals surface area (Å²) in [7, 11) is 0. The highest BCUT2D eigenvalue weighted by Gasteiger charge is 2.71. The SMILES string of the molecule is CC[N+](CC)(CC)CC.FCC(CF)(CF)C(CF)(CF)C(CF)(CF)C(CF)(CF)CF. The van der Waals surface area contributed by atoms with Crippen LogP contribution >= 0.6 is 0 Å². The summed E-state index contributed by atoms with van der Waals surface area (Å²) in [6, 6.07) is 0. The zero-order valence-corrected chi connectivity index (χ0v) is 20.1. The minimum absolute atomic E-state index is 1.28. The monoisotopic (exact) mass is 508 g/mol. The Hall–Kier alpha value is -0.740. The Morgan fingerprint density at radius 2 is 0.545 bits per heavy atom. The normalized spacial score (nSPS) is 13.6. The van der Waals surface area contributed by atoms with Crippen LogP contribution in [0.2, 0.25) is 0 Å². The largest absolute Gasteiger partial charge is 0.325 e. The van der Waals surface area contributed by atoms with Gasteiger partial charge in [-0.25, -0.2) is 0 Å². The topological polar surface area (TPSA) is 0 Å². The van der Waals surface area contributed by atoms with Crippen molar-refractivity contribution in [3.05, 3.63) is 0 Å². The van der Waals surface area contributed by atoms with Crippen molar-refractivity contribution in [3.63, 3.8) is 0 Å². The van der Waals surface area contributed by atoms with Gasteiger partial charge in [-0.1, -0.05) is 0 Å². The van der Waals surface area contributed by atoms with Crippen molar-refractivity contribution in [2.75, 3.05) is 92.9 Å². The molecule has 0 aromatic rings. The average Bonchev–Trinajstić information content (AvgIpc) is 2.89. The van der Waals surface area contributed by atoms with Gasteiger partial charge in [0.1, 0.15) is 40.0 Å². The Bertz CT molecular complexity index is 418. The predicted molar refractivity (Wildman–Crippen MR) is 112 cm³/mol. The average molecular weight is 509 g/mol. The molecule has 0 amide bonds. The van der Waals surface area contributed by atoms with Gasteiger partial charge in [-0.2, -0.15) is 0 Å². The summed E-state index contributed by atoms with van der Waals surface area (Å²) >= 11 is 0. The molecule has 1 nitrogen and oxygen atoms in total. The minimum atomic E-state index is -3.48. The summed E-state index contributed by atoms with van der Waals surface area (Å²) < 4.78 is 136. The van der Waals surface area contributed by atoms with E-state index in [1.54, 1.807) is 0 Å². The van der Waals surface area contributed by atoms with Gasteiger partial charge in [0, 0.05) is 0 Å². The molecule has 0 aliphatic heterocycles. The fourth-order valence-corrected chi connectivity index (χ4v) is 4.49. The molecule has 0 heterocycles. The Morgan fingerprint density at radius 3 is 0.606 bits per heavy atom. The number of hydrogen-bond donors (Lipinski definition) is 0. The number of nitrogens with zero attached hydrogens (tertiary/aromatic N) is 1. The number of halogens is 10. The van der Waals surface area contributed by atoms with Crippen LogP contribution < -0.4 is 0 Å². The van der Waals surface area contributed by atoms with Crippen molar-refractivity contribution in [2.24, 2.45) is 21.7 Å². The van der Waals surface area contributed by atoms with Gasteiger partial charge in [-0.15, -0.1) is 0 Å². The highest BCUT2D eigenvalue weighted by Crippen LogP contribution is 2.62. The first-order valence-electron chi connectivity index (χ1n) is 11.1. The summed E-state index contributed by atoms with van der Waals surface area (Å²) in [6.07, 6.45) is 0. The van der Waals surface area contributed by atoms with E-state index in [4.69, 9.17) is 0 Å². The van der Waals surface area contributed by atoms with Crippen LogP contribution in [-0.2, 0) is 0 Å². The van der Waals surface area contributed by atoms with Crippen LogP contribution in [0.3, 0.4) is 0 Å². The molecule has 0 rings (SSSR count). The van der Waals surface area contributed by atoms with E-state index in [0.717, 1.165) is 0 Å². The molecule has 202 valence electrons. The predicted octanol–water partition coefficient (Wildman–Crippen LogP) is 6.51. The second-order valence-corrected chi connectivity index (χ2v) is 8.67. The third-order valence-corrected chi connectivity index (χ3v) is 8.08. The summed E-state index contributed by atoms with van der Waals surface area (Å²) in [5.41, 5.74) is -13.5. The van der Waals surface area contributed by atoms with Crippen molar-refractivity contribution in [3.8, 4) is 0 Å². The van der Waals surface area contributed by atoms with Crippen LogP contribution in [0.4, 0.5) is 43.9 Å². The lowest BCUT2D eigenvalue weighted by Crippen LogP contribution is -2.69. The lowest BCUT2D eigenvalue weighted by Gasteiger charge is -2.59. The van der Waals surface area contributed by atoms with Crippen molar-refractivity contribution >= 4 is 0 Å². The van der Waals surface area contributed by atoms with Crippen molar-refractivity contribution in [2.45, 2.75) is 27.7 Å². The summed E-state index contributed by atoms with van der Waals surface area (Å²) in [6.45, 7) is -7.34. The molecule has 0 aliphatic rings. The van der Waals surface area contributed by atoms with Crippen molar-refractivity contribution < 1.29 is 48.4 Å². The zero-order valence-electron chi connectivity index (χ0n) is 20.1. The van der Waals surface area contributed by atoms with E-state index in [-0.39, 0.29) is 0 Å². The van der Waals surface area contributed by atoms with E-state index in [1.807, 2.05) is 0 Å². The molecular formula is C22H40F10N+. The molecule has 0 unspecified atom stereocenters. The van der Waals surface area contributed by atoms with Crippen molar-refractivity contribution in [1.29, 1.82) is 0 Å². The standard InChI is InChI=1S/C14H20F10.C8H20N/c15-1-11(2-16,3-17)13(7-21,8-22)14(9-23,10-24)12(4-18,5-19)6-20;1-5-9(6-2,7-3)8-4/h1-10H2;5-8H2,1-4H3/q;+1. The van der Waals surface area contributed by atoms with Gasteiger partial charge in [0.25, 0.3) is 0 Å². The first-order chi connectivity index (χ1) is 15.6. The van der Waals surface area contributed by atoms with Crippen LogP contribution in [0, 0.1) is 21.7 Å². The highest BCUT2D eigenvalue weighted by atomic mass is 19.2. The van der Waals surface area contributed by atoms with E-state index < -0.39 is 88.4 Å². The lowest BCUT2D eigenvalue weighted by molar-refractivity contribution is -0.921. The van der Waals surface area contributed by atoms with Crippen molar-refractivity contribution in [1.82, 2.24) is 0 Å². The molecule has 0 spiro atoms. The quantitative estimate of drug-likeness (QED) is 0.155. The Balaban J connectivity index is 0. The molecule has 11 heteroatoms. The van der Waals surface area contributed by atoms with Gasteiger partial charge >= 0.3 is 0 Å². The molecule has 0 N–H and O–H groups in total. The number of hydrogen-bond acceptors (Lipinski definition) is 0. The Morgan fingerprint density at radius 1 is 0.364 bits per heavy atom. The molecule has 0 aromatic heterocycles. The number of alkyl halides is 10. The smallest absolute Gasteiger partial charge is 0.101 e. The van der Waals surface area contributed by atoms with Crippen LogP contribution in [0.25, 0.3) is 0 Å². The third kappa shape index (κ3) is 5.74. The van der Waals surface area contributed by atoms with E-state index >= 15 is 0 Å². The first-order valence-corrected chi connectivity index (χ1v) is 11.1. The Kier molecular flexibility index (Phi) is 16.0. The lowest BCUT2D eigenvalue weighted by atomic mass is 9.45. The highest BCUT2D eigenvalue weighted by molar-refractivity contribution is 5.15. The van der Waals surface area contributed by atoms with Crippen LogP contribution in [0.1, 0.15) is 27.7 Å². The van der Waals surface area contributed by atoms with Gasteiger partial charge in [0.15, 0.2) is 0 Å². The number of rotatable bonds is 17. The maximum Gasteiger partial charge on any atom is 0.101 e. The molecule has 0 fully saturated rings. The van der Waals surface area contributed by atoms with Gasteiger partial charge in [-0.3, -0.25) is 43.9 Å². The van der Waals surface area contributed by atoms with E-state index in [2.05, 4.69) is 27.7 Å². The second kappa shape index (κ2) is 15.3. The van der Waals surface area contributed by atoms with Crippen LogP contribution in [0.15, 0.2) is 0 Å². The first kappa shape index (κ1) is 34.4. The van der Waals surface area contributed by atoms with Gasteiger partial charge < -0.3 is 4.48 Å². The second-order valence-electron chi connectivity index (χ2n) is 8.67. The molecule has 0 radical (unpaired) electrons. The van der Waals surface area contributed by atoms with Gasteiger partial charge in [0.2, 0.25) is 0 Å². The van der Waals surface area contributed by atoms with Gasteiger partial charge in [-0.05, 0) is 27.7 Å². The van der Waals surface area contributed by atoms with E-state index in [9.17, 15) is 43.9 Å². The summed E-state index contributed by atoms with van der Waals surface area (Å²) in [5.74, 6) is 0. The zero-order chi connectivity index (χ0) is 26.4. The van der Waals surface area contributed by atoms with Crippen LogP contribution in [0.5, 0.6) is 0 Å². The third-order valence-electron chi connectivity index (χ3n) is 8.08. The molecule has 0 aromatic carbocycles. The van der Waals surface area contributed by atoms with Gasteiger partial charge in [0.05, 0.1) is 74.5 Å². The maximum absolute atomic E-state index is 13.7. The fraction of sp³-hybridized carbons (Fsp3) is 1.00. The molecule has 0 atom stereocenters. The van der Waals surface area contributed by atoms with Crippen LogP contribution in [-0.4, -0.2) is 97.4 Å². The molecule has 0 bridgehead atoms. The summed E-state index contributed by atoms with van der Waals surface area (Å²) in [4.78, 5) is 0. The fourth-order valence-electron chi connectivity index (χ4n) is 4.49. The Labute approximate surface area is 191 Å². The maximum atomic E-state index is 13.7. The minimum Gasteiger partial charge on any atom is -0.325 e. The molecule has 0 aliphatic carbocycles. The molecule has 0 saturated heterocycles.